The molecule has 1 aliphatic carbocycles. The molecule has 0 bridgehead atoms. The van der Waals surface area contributed by atoms with E-state index in [0.717, 1.165) is 43.7 Å². The lowest BCUT2D eigenvalue weighted by atomic mass is 9.61. The number of rotatable bonds is 4. The minimum absolute atomic E-state index is 0.173. The second-order valence-electron chi connectivity index (χ2n) is 7.98. The number of ether oxygens (including phenoxy) is 2. The molecule has 4 nitrogen and oxygen atoms in total. The molecular weight excluding hydrogens is 338 g/mol. The molecule has 27 heavy (non-hydrogen) atoms. The van der Waals surface area contributed by atoms with Gasteiger partial charge in [0.1, 0.15) is 11.5 Å². The van der Waals surface area contributed by atoms with Crippen molar-refractivity contribution in [3.63, 3.8) is 0 Å². The second kappa shape index (κ2) is 6.01. The average Bonchev–Trinajstić information content (AvgIpc) is 2.82. The van der Waals surface area contributed by atoms with Crippen molar-refractivity contribution >= 4 is 5.91 Å². The van der Waals surface area contributed by atoms with Gasteiger partial charge in [0.05, 0.1) is 19.8 Å². The number of amides is 1. The van der Waals surface area contributed by atoms with Gasteiger partial charge >= 0.3 is 0 Å². The zero-order valence-electron chi connectivity index (χ0n) is 15.9. The monoisotopic (exact) mass is 363 g/mol. The Morgan fingerprint density at radius 2 is 1.93 bits per heavy atom. The van der Waals surface area contributed by atoms with Gasteiger partial charge in [0.25, 0.3) is 0 Å². The number of hydrogen-bond donors (Lipinski definition) is 0. The fourth-order valence-electron chi connectivity index (χ4n) is 5.66. The van der Waals surface area contributed by atoms with Crippen LogP contribution in [0.5, 0.6) is 11.5 Å². The Morgan fingerprint density at radius 3 is 2.59 bits per heavy atom. The summed E-state index contributed by atoms with van der Waals surface area (Å²) in [6, 6.07) is 14.7. The Labute approximate surface area is 160 Å². The predicted octanol–water partition coefficient (Wildman–Crippen LogP) is 3.57. The van der Waals surface area contributed by atoms with Gasteiger partial charge in [0.2, 0.25) is 5.91 Å². The summed E-state index contributed by atoms with van der Waals surface area (Å²) >= 11 is 0. The van der Waals surface area contributed by atoms with Gasteiger partial charge in [0.15, 0.2) is 0 Å². The maximum atomic E-state index is 13.2. The standard InChI is InChI=1S/C23H25NO3/c1-26-17-12-16-10-11-24-22(25)18-8-9-19(18)23(24,21(16)20(13-17)27-2)14-15-6-4-3-5-7-15/h3-7,12-13,18-19H,8-11,14H2,1-2H3/t18-,19+,23-/m1/s1. The van der Waals surface area contributed by atoms with Crippen molar-refractivity contribution in [2.75, 3.05) is 20.8 Å². The smallest absolute Gasteiger partial charge is 0.226 e. The molecule has 3 aliphatic rings. The van der Waals surface area contributed by atoms with Crippen molar-refractivity contribution in [3.05, 3.63) is 59.2 Å². The van der Waals surface area contributed by atoms with Crippen molar-refractivity contribution < 1.29 is 14.3 Å². The number of fused-ring (bicyclic) bond motifs is 5. The molecule has 0 aromatic heterocycles. The van der Waals surface area contributed by atoms with Gasteiger partial charge < -0.3 is 14.4 Å². The number of carbonyl (C=O) groups is 1. The van der Waals surface area contributed by atoms with Crippen LogP contribution in [-0.4, -0.2) is 31.6 Å². The highest BCUT2D eigenvalue weighted by molar-refractivity contribution is 5.86. The summed E-state index contributed by atoms with van der Waals surface area (Å²) in [6.07, 6.45) is 3.82. The van der Waals surface area contributed by atoms with Crippen molar-refractivity contribution in [3.8, 4) is 11.5 Å². The molecule has 1 amide bonds. The topological polar surface area (TPSA) is 38.8 Å². The lowest BCUT2D eigenvalue weighted by Crippen LogP contribution is -2.53. The summed E-state index contributed by atoms with van der Waals surface area (Å²) in [5, 5.41) is 0. The van der Waals surface area contributed by atoms with Crippen LogP contribution in [0.3, 0.4) is 0 Å². The van der Waals surface area contributed by atoms with Crippen LogP contribution in [0.15, 0.2) is 42.5 Å². The minimum Gasteiger partial charge on any atom is -0.497 e. The van der Waals surface area contributed by atoms with Gasteiger partial charge in [-0.25, -0.2) is 0 Å². The van der Waals surface area contributed by atoms with Crippen LogP contribution in [-0.2, 0) is 23.2 Å². The van der Waals surface area contributed by atoms with E-state index >= 15 is 0 Å². The Hall–Kier alpha value is -2.49. The first kappa shape index (κ1) is 16.7. The fraction of sp³-hybridized carbons (Fsp3) is 0.435. The number of carbonyl (C=O) groups excluding carboxylic acids is 1. The van der Waals surface area contributed by atoms with Crippen LogP contribution >= 0.6 is 0 Å². The quantitative estimate of drug-likeness (QED) is 0.834. The number of methoxy groups -OCH3 is 2. The molecule has 2 aromatic carbocycles. The largest absolute Gasteiger partial charge is 0.497 e. The Bertz CT molecular complexity index is 877. The third-order valence-electron chi connectivity index (χ3n) is 6.92. The number of nitrogens with zero attached hydrogens (tertiary/aromatic N) is 1. The SMILES string of the molecule is COc1cc2c(c(OC)c1)[C@@]1(Cc3ccccc3)[C@H]3CC[C@H]3C(=O)N1CC2. The van der Waals surface area contributed by atoms with Gasteiger partial charge in [0, 0.05) is 30.5 Å². The maximum absolute atomic E-state index is 13.2. The lowest BCUT2D eigenvalue weighted by molar-refractivity contribution is -0.134. The van der Waals surface area contributed by atoms with Gasteiger partial charge in [-0.3, -0.25) is 4.79 Å². The summed E-state index contributed by atoms with van der Waals surface area (Å²) in [7, 11) is 3.41. The third-order valence-corrected chi connectivity index (χ3v) is 6.92. The van der Waals surface area contributed by atoms with Crippen LogP contribution in [0.4, 0.5) is 0 Å². The minimum atomic E-state index is -0.299. The zero-order chi connectivity index (χ0) is 18.6. The summed E-state index contributed by atoms with van der Waals surface area (Å²) in [5.74, 6) is 2.55. The first-order valence-corrected chi connectivity index (χ1v) is 9.80. The first-order valence-electron chi connectivity index (χ1n) is 9.80. The highest BCUT2D eigenvalue weighted by Gasteiger charge is 2.64. The molecule has 2 heterocycles. The first-order chi connectivity index (χ1) is 13.2. The molecule has 0 spiro atoms. The van der Waals surface area contributed by atoms with E-state index in [1.807, 2.05) is 12.1 Å². The predicted molar refractivity (Wildman–Crippen MR) is 103 cm³/mol. The molecule has 2 aliphatic heterocycles. The number of benzene rings is 2. The van der Waals surface area contributed by atoms with Crippen LogP contribution in [0, 0.1) is 11.8 Å². The fourth-order valence-corrected chi connectivity index (χ4v) is 5.66. The molecule has 1 saturated carbocycles. The average molecular weight is 363 g/mol. The maximum Gasteiger partial charge on any atom is 0.226 e. The molecule has 2 aromatic rings. The molecule has 4 heteroatoms. The van der Waals surface area contributed by atoms with Gasteiger partial charge in [-0.05, 0) is 42.4 Å². The zero-order valence-corrected chi connectivity index (χ0v) is 15.9. The summed E-state index contributed by atoms with van der Waals surface area (Å²) in [6.45, 7) is 0.780. The lowest BCUT2D eigenvalue weighted by Gasteiger charge is -2.49. The van der Waals surface area contributed by atoms with E-state index in [2.05, 4.69) is 35.2 Å². The van der Waals surface area contributed by atoms with Crippen LogP contribution in [0.1, 0.15) is 29.5 Å². The van der Waals surface area contributed by atoms with Crippen LogP contribution in [0.2, 0.25) is 0 Å². The van der Waals surface area contributed by atoms with Crippen molar-refractivity contribution in [1.82, 2.24) is 4.90 Å². The van der Waals surface area contributed by atoms with Crippen LogP contribution in [0.25, 0.3) is 0 Å². The molecule has 140 valence electrons. The summed E-state index contributed by atoms with van der Waals surface area (Å²) in [5.41, 5.74) is 3.45. The molecule has 0 N–H and O–H groups in total. The highest BCUT2D eigenvalue weighted by Crippen LogP contribution is 2.61. The number of hydrogen-bond acceptors (Lipinski definition) is 3. The van der Waals surface area contributed by atoms with Gasteiger partial charge in [-0.15, -0.1) is 0 Å². The third kappa shape index (κ3) is 2.19. The van der Waals surface area contributed by atoms with Crippen molar-refractivity contribution in [2.45, 2.75) is 31.2 Å². The molecule has 2 fully saturated rings. The summed E-state index contributed by atoms with van der Waals surface area (Å²) < 4.78 is 11.4. The Balaban J connectivity index is 1.74. The van der Waals surface area contributed by atoms with E-state index in [4.69, 9.17) is 9.47 Å². The van der Waals surface area contributed by atoms with Gasteiger partial charge in [-0.1, -0.05) is 30.3 Å². The van der Waals surface area contributed by atoms with E-state index in [1.54, 1.807) is 14.2 Å². The van der Waals surface area contributed by atoms with Crippen molar-refractivity contribution in [1.29, 1.82) is 0 Å². The highest BCUT2D eigenvalue weighted by atomic mass is 16.5. The normalized spacial score (nSPS) is 28.1. The van der Waals surface area contributed by atoms with Gasteiger partial charge in [-0.2, -0.15) is 0 Å². The van der Waals surface area contributed by atoms with E-state index < -0.39 is 0 Å². The van der Waals surface area contributed by atoms with E-state index in [1.165, 1.54) is 16.7 Å². The van der Waals surface area contributed by atoms with Crippen LogP contribution < -0.4 is 9.47 Å². The molecule has 3 atom stereocenters. The molecular formula is C23H25NO3. The molecule has 5 rings (SSSR count). The molecule has 0 radical (unpaired) electrons. The van der Waals surface area contributed by atoms with E-state index in [-0.39, 0.29) is 11.5 Å². The summed E-state index contributed by atoms with van der Waals surface area (Å²) in [4.78, 5) is 15.4. The Kier molecular flexibility index (Phi) is 3.71. The van der Waals surface area contributed by atoms with Crippen molar-refractivity contribution in [2.24, 2.45) is 11.8 Å². The Morgan fingerprint density at radius 1 is 1.11 bits per heavy atom. The van der Waals surface area contributed by atoms with E-state index in [0.29, 0.717) is 11.8 Å². The second-order valence-corrected chi connectivity index (χ2v) is 7.98. The molecule has 1 saturated heterocycles. The molecule has 0 unspecified atom stereocenters. The van der Waals surface area contributed by atoms with E-state index in [9.17, 15) is 4.79 Å².